The van der Waals surface area contributed by atoms with Crippen LogP contribution >= 0.6 is 11.8 Å². The molecule has 84 valence electrons. The van der Waals surface area contributed by atoms with E-state index < -0.39 is 0 Å². The predicted molar refractivity (Wildman–Crippen MR) is 66.7 cm³/mol. The summed E-state index contributed by atoms with van der Waals surface area (Å²) in [6.07, 6.45) is 0. The number of hydrogen-bond acceptors (Lipinski definition) is 3. The molecule has 0 aliphatic rings. The third-order valence-corrected chi connectivity index (χ3v) is 3.26. The van der Waals surface area contributed by atoms with Crippen LogP contribution < -0.4 is 0 Å². The van der Waals surface area contributed by atoms with E-state index in [-0.39, 0.29) is 11.7 Å². The largest absolute Gasteiger partial charge is 0.333 e. The molecule has 3 nitrogen and oxygen atoms in total. The molecular formula is C12H14N2OS. The van der Waals surface area contributed by atoms with Crippen molar-refractivity contribution in [3.05, 3.63) is 24.3 Å². The number of imidazole rings is 1. The molecule has 1 aromatic carbocycles. The Kier molecular flexibility index (Phi) is 3.29. The Morgan fingerprint density at radius 2 is 2.19 bits per heavy atom. The number of aromatic amines is 1. The van der Waals surface area contributed by atoms with Gasteiger partial charge in [0.25, 0.3) is 0 Å². The molecule has 0 unspecified atom stereocenters. The van der Waals surface area contributed by atoms with E-state index in [0.717, 1.165) is 16.2 Å². The summed E-state index contributed by atoms with van der Waals surface area (Å²) >= 11 is 1.47. The van der Waals surface area contributed by atoms with Crippen molar-refractivity contribution in [2.45, 2.75) is 19.0 Å². The number of fused-ring (bicyclic) bond motifs is 1. The van der Waals surface area contributed by atoms with Crippen molar-refractivity contribution in [3.8, 4) is 0 Å². The number of nitrogens with one attached hydrogen (secondary N) is 1. The summed E-state index contributed by atoms with van der Waals surface area (Å²) in [5.41, 5.74) is 1.96. The number of rotatable bonds is 4. The van der Waals surface area contributed by atoms with E-state index in [1.54, 1.807) is 0 Å². The second-order valence-electron chi connectivity index (χ2n) is 3.97. The van der Waals surface area contributed by atoms with Gasteiger partial charge in [-0.3, -0.25) is 4.79 Å². The molecule has 0 amide bonds. The van der Waals surface area contributed by atoms with Gasteiger partial charge in [-0.25, -0.2) is 4.98 Å². The number of aromatic nitrogens is 2. The summed E-state index contributed by atoms with van der Waals surface area (Å²) in [4.78, 5) is 19.1. The van der Waals surface area contributed by atoms with Crippen LogP contribution in [-0.2, 0) is 4.79 Å². The first-order chi connectivity index (χ1) is 7.66. The van der Waals surface area contributed by atoms with Gasteiger partial charge in [-0.1, -0.05) is 37.7 Å². The number of para-hydroxylation sites is 2. The lowest BCUT2D eigenvalue weighted by Gasteiger charge is -2.00. The third-order valence-electron chi connectivity index (χ3n) is 2.36. The maximum Gasteiger partial charge on any atom is 0.166 e. The minimum Gasteiger partial charge on any atom is -0.333 e. The van der Waals surface area contributed by atoms with Gasteiger partial charge >= 0.3 is 0 Å². The van der Waals surface area contributed by atoms with Gasteiger partial charge in [0.2, 0.25) is 0 Å². The van der Waals surface area contributed by atoms with Crippen molar-refractivity contribution in [1.82, 2.24) is 9.97 Å². The first kappa shape index (κ1) is 11.2. The summed E-state index contributed by atoms with van der Waals surface area (Å²) < 4.78 is 0. The van der Waals surface area contributed by atoms with Crippen LogP contribution in [0.3, 0.4) is 0 Å². The van der Waals surface area contributed by atoms with Crippen molar-refractivity contribution in [1.29, 1.82) is 0 Å². The Labute approximate surface area is 98.7 Å². The summed E-state index contributed by atoms with van der Waals surface area (Å²) in [6.45, 7) is 3.84. The number of carbonyl (C=O) groups is 1. The predicted octanol–water partition coefficient (Wildman–Crippen LogP) is 2.88. The Morgan fingerprint density at radius 3 is 2.88 bits per heavy atom. The summed E-state index contributed by atoms with van der Waals surface area (Å²) in [7, 11) is 0. The Hall–Kier alpha value is -1.29. The molecule has 4 heteroatoms. The van der Waals surface area contributed by atoms with Crippen molar-refractivity contribution in [3.63, 3.8) is 0 Å². The fourth-order valence-corrected chi connectivity index (χ4v) is 2.26. The van der Waals surface area contributed by atoms with E-state index in [9.17, 15) is 4.79 Å². The van der Waals surface area contributed by atoms with Gasteiger partial charge in [0.05, 0.1) is 16.8 Å². The number of thioether (sulfide) groups is 1. The van der Waals surface area contributed by atoms with Crippen LogP contribution in [0.1, 0.15) is 13.8 Å². The molecule has 0 radical (unpaired) electrons. The molecule has 0 aliphatic carbocycles. The van der Waals surface area contributed by atoms with Gasteiger partial charge in [-0.05, 0) is 12.1 Å². The lowest BCUT2D eigenvalue weighted by Crippen LogP contribution is -2.09. The van der Waals surface area contributed by atoms with Crippen molar-refractivity contribution >= 4 is 28.6 Å². The second-order valence-corrected chi connectivity index (χ2v) is 4.93. The van der Waals surface area contributed by atoms with E-state index in [1.807, 2.05) is 38.1 Å². The molecule has 0 aliphatic heterocycles. The lowest BCUT2D eigenvalue weighted by atomic mass is 10.1. The number of ketones is 1. The molecule has 0 fully saturated rings. The average molecular weight is 234 g/mol. The van der Waals surface area contributed by atoms with E-state index >= 15 is 0 Å². The molecule has 2 aromatic rings. The van der Waals surface area contributed by atoms with Crippen LogP contribution in [0.2, 0.25) is 0 Å². The average Bonchev–Trinajstić information content (AvgIpc) is 2.68. The maximum atomic E-state index is 11.5. The minimum absolute atomic E-state index is 0.0943. The maximum absolute atomic E-state index is 11.5. The van der Waals surface area contributed by atoms with Crippen LogP contribution in [-0.4, -0.2) is 21.5 Å². The number of hydrogen-bond donors (Lipinski definition) is 1. The molecule has 16 heavy (non-hydrogen) atoms. The van der Waals surface area contributed by atoms with Gasteiger partial charge in [-0.2, -0.15) is 0 Å². The molecule has 0 saturated heterocycles. The standard InChI is InChI=1S/C12H14N2OS/c1-8(2)11(15)7-16-12-13-9-5-3-4-6-10(9)14-12/h3-6,8H,7H2,1-2H3,(H,13,14). The molecule has 0 spiro atoms. The van der Waals surface area contributed by atoms with Gasteiger partial charge in [0.15, 0.2) is 5.16 Å². The molecule has 1 N–H and O–H groups in total. The second kappa shape index (κ2) is 4.70. The fourth-order valence-electron chi connectivity index (χ4n) is 1.30. The molecular weight excluding hydrogens is 220 g/mol. The van der Waals surface area contributed by atoms with Gasteiger partial charge < -0.3 is 4.98 Å². The number of Topliss-reactive ketones (excluding diaryl/α,β-unsaturated/α-hetero) is 1. The topological polar surface area (TPSA) is 45.8 Å². The first-order valence-electron chi connectivity index (χ1n) is 5.27. The summed E-state index contributed by atoms with van der Waals surface area (Å²) in [6, 6.07) is 7.86. The molecule has 0 saturated carbocycles. The molecule has 0 atom stereocenters. The molecule has 0 bridgehead atoms. The van der Waals surface area contributed by atoms with Crippen LogP contribution in [0.5, 0.6) is 0 Å². The Balaban J connectivity index is 2.07. The number of carbonyl (C=O) groups excluding carboxylic acids is 1. The van der Waals surface area contributed by atoms with Gasteiger partial charge in [0, 0.05) is 5.92 Å². The quantitative estimate of drug-likeness (QED) is 0.827. The Morgan fingerprint density at radius 1 is 1.44 bits per heavy atom. The monoisotopic (exact) mass is 234 g/mol. The van der Waals surface area contributed by atoms with Crippen LogP contribution in [0.25, 0.3) is 11.0 Å². The number of nitrogens with zero attached hydrogens (tertiary/aromatic N) is 1. The highest BCUT2D eigenvalue weighted by Crippen LogP contribution is 2.19. The molecule has 2 rings (SSSR count). The van der Waals surface area contributed by atoms with Crippen LogP contribution in [0, 0.1) is 5.92 Å². The Bertz CT molecular complexity index is 471. The minimum atomic E-state index is 0.0943. The zero-order valence-electron chi connectivity index (χ0n) is 9.36. The molecule has 1 aromatic heterocycles. The van der Waals surface area contributed by atoms with E-state index in [4.69, 9.17) is 0 Å². The van der Waals surface area contributed by atoms with Crippen LogP contribution in [0.4, 0.5) is 0 Å². The van der Waals surface area contributed by atoms with E-state index in [2.05, 4.69) is 9.97 Å². The molecule has 1 heterocycles. The van der Waals surface area contributed by atoms with Crippen molar-refractivity contribution < 1.29 is 4.79 Å². The number of H-pyrrole nitrogens is 1. The SMILES string of the molecule is CC(C)C(=O)CSc1nc2ccccc2[nH]1. The van der Waals surface area contributed by atoms with Crippen LogP contribution in [0.15, 0.2) is 29.4 Å². The third kappa shape index (κ3) is 2.44. The fraction of sp³-hybridized carbons (Fsp3) is 0.333. The van der Waals surface area contributed by atoms with Gasteiger partial charge in [0.1, 0.15) is 5.78 Å². The van der Waals surface area contributed by atoms with Gasteiger partial charge in [-0.15, -0.1) is 0 Å². The summed E-state index contributed by atoms with van der Waals surface area (Å²) in [5, 5.41) is 0.815. The zero-order chi connectivity index (χ0) is 11.5. The lowest BCUT2D eigenvalue weighted by molar-refractivity contribution is -0.119. The highest BCUT2D eigenvalue weighted by atomic mass is 32.2. The highest BCUT2D eigenvalue weighted by molar-refractivity contribution is 7.99. The highest BCUT2D eigenvalue weighted by Gasteiger charge is 2.09. The smallest absolute Gasteiger partial charge is 0.166 e. The van der Waals surface area contributed by atoms with Crippen molar-refractivity contribution in [2.75, 3.05) is 5.75 Å². The van der Waals surface area contributed by atoms with E-state index in [0.29, 0.717) is 5.75 Å². The number of benzene rings is 1. The van der Waals surface area contributed by atoms with E-state index in [1.165, 1.54) is 11.8 Å². The zero-order valence-corrected chi connectivity index (χ0v) is 10.2. The summed E-state index contributed by atoms with van der Waals surface area (Å²) in [5.74, 6) is 0.833. The van der Waals surface area contributed by atoms with Crippen molar-refractivity contribution in [2.24, 2.45) is 5.92 Å². The first-order valence-corrected chi connectivity index (χ1v) is 6.25. The normalized spacial score (nSPS) is 11.2.